The van der Waals surface area contributed by atoms with Crippen molar-refractivity contribution in [1.29, 1.82) is 0 Å². The zero-order chi connectivity index (χ0) is 13.2. The zero-order valence-corrected chi connectivity index (χ0v) is 9.80. The summed E-state index contributed by atoms with van der Waals surface area (Å²) in [7, 11) is 0. The molecule has 17 heavy (non-hydrogen) atoms. The molecule has 0 aromatic rings. The van der Waals surface area contributed by atoms with E-state index in [9.17, 15) is 14.4 Å². The van der Waals surface area contributed by atoms with E-state index < -0.39 is 29.2 Å². The highest BCUT2D eigenvalue weighted by atomic mass is 16.5. The monoisotopic (exact) mass is 244 g/mol. The normalized spacial score (nSPS) is 21.1. The number of nitrogens with zero attached hydrogens (tertiary/aromatic N) is 1. The summed E-state index contributed by atoms with van der Waals surface area (Å²) in [5, 5.41) is 8.97. The number of primary amides is 1. The maximum atomic E-state index is 12.1. The van der Waals surface area contributed by atoms with E-state index in [4.69, 9.17) is 15.6 Å². The van der Waals surface area contributed by atoms with Crippen molar-refractivity contribution in [1.82, 2.24) is 4.90 Å². The quantitative estimate of drug-likeness (QED) is 0.606. The average Bonchev–Trinajstić information content (AvgIpc) is 2.27. The fraction of sp³-hybridized carbons (Fsp3) is 0.700. The first-order chi connectivity index (χ1) is 7.78. The van der Waals surface area contributed by atoms with Gasteiger partial charge in [0.05, 0.1) is 13.2 Å². The van der Waals surface area contributed by atoms with Crippen LogP contribution in [-0.4, -0.2) is 53.6 Å². The molecule has 1 rings (SSSR count). The van der Waals surface area contributed by atoms with Gasteiger partial charge in [-0.1, -0.05) is 0 Å². The van der Waals surface area contributed by atoms with Crippen LogP contribution in [0, 0.1) is 5.41 Å². The Bertz CT molecular complexity index is 353. The number of hydrogen-bond acceptors (Lipinski definition) is 4. The Labute approximate surface area is 98.5 Å². The van der Waals surface area contributed by atoms with E-state index >= 15 is 0 Å². The van der Waals surface area contributed by atoms with Crippen molar-refractivity contribution < 1.29 is 24.2 Å². The Morgan fingerprint density at radius 3 is 2.47 bits per heavy atom. The molecule has 0 bridgehead atoms. The Morgan fingerprint density at radius 1 is 1.41 bits per heavy atom. The van der Waals surface area contributed by atoms with Crippen molar-refractivity contribution in [2.45, 2.75) is 19.9 Å². The number of morpholine rings is 1. The van der Waals surface area contributed by atoms with Crippen LogP contribution in [0.3, 0.4) is 0 Å². The summed E-state index contributed by atoms with van der Waals surface area (Å²) in [4.78, 5) is 35.4. The van der Waals surface area contributed by atoms with Crippen LogP contribution in [-0.2, 0) is 19.1 Å². The molecule has 1 heterocycles. The van der Waals surface area contributed by atoms with Gasteiger partial charge in [0.2, 0.25) is 11.8 Å². The molecule has 0 radical (unpaired) electrons. The van der Waals surface area contributed by atoms with Gasteiger partial charge >= 0.3 is 5.97 Å². The smallest absolute Gasteiger partial charge is 0.318 e. The number of rotatable bonds is 3. The molecular weight excluding hydrogens is 228 g/mol. The van der Waals surface area contributed by atoms with Gasteiger partial charge in [0.15, 0.2) is 0 Å². The second-order valence-electron chi connectivity index (χ2n) is 4.42. The van der Waals surface area contributed by atoms with Gasteiger partial charge in [-0.05, 0) is 13.8 Å². The number of carboxylic acid groups (broad SMARTS) is 1. The molecule has 0 spiro atoms. The highest BCUT2D eigenvalue weighted by Crippen LogP contribution is 2.22. The predicted molar refractivity (Wildman–Crippen MR) is 56.9 cm³/mol. The molecule has 7 nitrogen and oxygen atoms in total. The fourth-order valence-corrected chi connectivity index (χ4v) is 1.53. The van der Waals surface area contributed by atoms with Gasteiger partial charge in [0.25, 0.3) is 0 Å². The van der Waals surface area contributed by atoms with E-state index in [2.05, 4.69) is 0 Å². The largest absolute Gasteiger partial charge is 0.480 e. The molecular formula is C10H16N2O5. The molecule has 1 fully saturated rings. The van der Waals surface area contributed by atoms with Crippen molar-refractivity contribution in [3.63, 3.8) is 0 Å². The molecule has 2 amide bonds. The Balaban J connectivity index is 2.93. The van der Waals surface area contributed by atoms with Gasteiger partial charge in [-0.15, -0.1) is 0 Å². The van der Waals surface area contributed by atoms with Crippen LogP contribution in [0.1, 0.15) is 13.8 Å². The van der Waals surface area contributed by atoms with Gasteiger partial charge < -0.3 is 20.5 Å². The molecule has 0 aliphatic carbocycles. The Morgan fingerprint density at radius 2 is 2.00 bits per heavy atom. The van der Waals surface area contributed by atoms with Crippen LogP contribution in [0.25, 0.3) is 0 Å². The number of nitrogens with two attached hydrogens (primary N) is 1. The van der Waals surface area contributed by atoms with Gasteiger partial charge in [0.1, 0.15) is 11.5 Å². The van der Waals surface area contributed by atoms with Crippen molar-refractivity contribution in [3.8, 4) is 0 Å². The SMILES string of the molecule is CC(C)(C(=O)O)C(=O)N1CCOCC1C(N)=O. The van der Waals surface area contributed by atoms with Gasteiger partial charge in [-0.25, -0.2) is 0 Å². The van der Waals surface area contributed by atoms with E-state index in [0.717, 1.165) is 0 Å². The lowest BCUT2D eigenvalue weighted by Gasteiger charge is -2.37. The molecule has 1 saturated heterocycles. The van der Waals surface area contributed by atoms with Crippen molar-refractivity contribution in [3.05, 3.63) is 0 Å². The number of hydrogen-bond donors (Lipinski definition) is 2. The average molecular weight is 244 g/mol. The molecule has 1 aliphatic heterocycles. The molecule has 1 unspecified atom stereocenters. The lowest BCUT2D eigenvalue weighted by atomic mass is 9.91. The maximum Gasteiger partial charge on any atom is 0.318 e. The number of ether oxygens (including phenoxy) is 1. The second-order valence-corrected chi connectivity index (χ2v) is 4.42. The van der Waals surface area contributed by atoms with Crippen LogP contribution in [0.4, 0.5) is 0 Å². The molecule has 7 heteroatoms. The van der Waals surface area contributed by atoms with Crippen LogP contribution in [0.15, 0.2) is 0 Å². The van der Waals surface area contributed by atoms with E-state index in [-0.39, 0.29) is 19.8 Å². The summed E-state index contributed by atoms with van der Waals surface area (Å²) < 4.78 is 5.05. The van der Waals surface area contributed by atoms with E-state index in [1.165, 1.54) is 18.7 Å². The van der Waals surface area contributed by atoms with Crippen LogP contribution < -0.4 is 5.73 Å². The first-order valence-electron chi connectivity index (χ1n) is 5.20. The summed E-state index contributed by atoms with van der Waals surface area (Å²) >= 11 is 0. The first-order valence-corrected chi connectivity index (χ1v) is 5.20. The first kappa shape index (κ1) is 13.4. The fourth-order valence-electron chi connectivity index (χ4n) is 1.53. The topological polar surface area (TPSA) is 110 Å². The van der Waals surface area contributed by atoms with E-state index in [0.29, 0.717) is 0 Å². The maximum absolute atomic E-state index is 12.1. The molecule has 1 aliphatic rings. The highest BCUT2D eigenvalue weighted by Gasteiger charge is 2.43. The lowest BCUT2D eigenvalue weighted by Crippen LogP contribution is -2.58. The summed E-state index contributed by atoms with van der Waals surface area (Å²) in [5.74, 6) is -2.56. The third kappa shape index (κ3) is 2.55. The molecule has 96 valence electrons. The minimum absolute atomic E-state index is 0.0107. The number of carbonyl (C=O) groups is 3. The lowest BCUT2D eigenvalue weighted by molar-refractivity contribution is -0.164. The van der Waals surface area contributed by atoms with E-state index in [1.807, 2.05) is 0 Å². The van der Waals surface area contributed by atoms with Gasteiger partial charge in [-0.3, -0.25) is 14.4 Å². The van der Waals surface area contributed by atoms with Crippen molar-refractivity contribution in [2.75, 3.05) is 19.8 Å². The van der Waals surface area contributed by atoms with Crippen LogP contribution in [0.2, 0.25) is 0 Å². The molecule has 0 aromatic heterocycles. The standard InChI is InChI=1S/C10H16N2O5/c1-10(2,9(15)16)8(14)12-3-4-17-5-6(12)7(11)13/h6H,3-5H2,1-2H3,(H2,11,13)(H,15,16). The summed E-state index contributed by atoms with van der Waals surface area (Å²) in [5.41, 5.74) is 3.58. The van der Waals surface area contributed by atoms with Crippen LogP contribution in [0.5, 0.6) is 0 Å². The minimum atomic E-state index is -1.58. The van der Waals surface area contributed by atoms with Gasteiger partial charge in [0, 0.05) is 6.54 Å². The summed E-state index contributed by atoms with van der Waals surface area (Å²) in [6, 6.07) is -0.894. The molecule has 0 aromatic carbocycles. The minimum Gasteiger partial charge on any atom is -0.480 e. The Kier molecular flexibility index (Phi) is 3.72. The second kappa shape index (κ2) is 4.70. The third-order valence-corrected chi connectivity index (χ3v) is 2.79. The number of aliphatic carboxylic acids is 1. The van der Waals surface area contributed by atoms with E-state index in [1.54, 1.807) is 0 Å². The number of amides is 2. The number of carboxylic acids is 1. The zero-order valence-electron chi connectivity index (χ0n) is 9.80. The summed E-state index contributed by atoms with van der Waals surface area (Å²) in [6.07, 6.45) is 0. The third-order valence-electron chi connectivity index (χ3n) is 2.79. The van der Waals surface area contributed by atoms with Crippen molar-refractivity contribution in [2.24, 2.45) is 11.1 Å². The molecule has 3 N–H and O–H groups in total. The highest BCUT2D eigenvalue weighted by molar-refractivity contribution is 6.02. The molecule has 0 saturated carbocycles. The van der Waals surface area contributed by atoms with Gasteiger partial charge in [-0.2, -0.15) is 0 Å². The number of carbonyl (C=O) groups excluding carboxylic acids is 2. The molecule has 1 atom stereocenters. The predicted octanol–water partition coefficient (Wildman–Crippen LogP) is -1.19. The Hall–Kier alpha value is -1.63. The van der Waals surface area contributed by atoms with Crippen molar-refractivity contribution >= 4 is 17.8 Å². The van der Waals surface area contributed by atoms with Crippen LogP contribution >= 0.6 is 0 Å². The summed E-state index contributed by atoms with van der Waals surface area (Å²) in [6.45, 7) is 3.04.